The summed E-state index contributed by atoms with van der Waals surface area (Å²) in [7, 11) is 0. The lowest BCUT2D eigenvalue weighted by molar-refractivity contribution is 0.629. The molecule has 0 aromatic heterocycles. The minimum Gasteiger partial charge on any atom is -0.312 e. The van der Waals surface area contributed by atoms with E-state index in [4.69, 9.17) is 11.6 Å². The second kappa shape index (κ2) is 1.43. The molecule has 2 aliphatic heterocycles. The molecule has 3 heteroatoms. The van der Waals surface area contributed by atoms with Crippen molar-refractivity contribution in [3.63, 3.8) is 0 Å². The number of halogens is 2. The van der Waals surface area contributed by atoms with E-state index in [-0.39, 0.29) is 10.8 Å². The van der Waals surface area contributed by atoms with Gasteiger partial charge in [0.1, 0.15) is 5.82 Å². The highest BCUT2D eigenvalue weighted by molar-refractivity contribution is 6.31. The number of rotatable bonds is 0. The van der Waals surface area contributed by atoms with Crippen molar-refractivity contribution in [3.05, 3.63) is 29.2 Å². The second-order valence-corrected chi connectivity index (χ2v) is 3.08. The van der Waals surface area contributed by atoms with Crippen LogP contribution in [0.2, 0.25) is 5.02 Å². The molecule has 0 spiro atoms. The number of fused-ring (bicyclic) bond motifs is 4. The molecule has 0 amide bonds. The number of benzene rings is 1. The Balaban J connectivity index is 2.51. The Labute approximate surface area is 67.0 Å². The van der Waals surface area contributed by atoms with Gasteiger partial charge < -0.3 is 4.57 Å². The van der Waals surface area contributed by atoms with Crippen molar-refractivity contribution in [1.82, 2.24) is 4.57 Å². The Morgan fingerprint density at radius 3 is 3.00 bits per heavy atom. The van der Waals surface area contributed by atoms with E-state index in [1.54, 1.807) is 6.07 Å². The summed E-state index contributed by atoms with van der Waals surface area (Å²) in [6.07, 6.45) is 1.96. The molecule has 11 heavy (non-hydrogen) atoms. The highest BCUT2D eigenvalue weighted by Crippen LogP contribution is 2.40. The smallest absolute Gasteiger partial charge is 0.143 e. The van der Waals surface area contributed by atoms with Crippen LogP contribution in [0.4, 0.5) is 4.39 Å². The van der Waals surface area contributed by atoms with Gasteiger partial charge in [-0.3, -0.25) is 0 Å². The molecule has 54 valence electrons. The van der Waals surface area contributed by atoms with Gasteiger partial charge in [-0.1, -0.05) is 11.6 Å². The Kier molecular flexibility index (Phi) is 0.730. The maximum Gasteiger partial charge on any atom is 0.143 e. The molecule has 3 rings (SSSR count). The van der Waals surface area contributed by atoms with Crippen LogP contribution < -0.4 is 0 Å². The van der Waals surface area contributed by atoms with Crippen LogP contribution in [0.15, 0.2) is 18.3 Å². The number of nitrogens with zero attached hydrogens (tertiary/aromatic N) is 1. The van der Waals surface area contributed by atoms with E-state index >= 15 is 0 Å². The normalized spacial score (nSPS) is 12.5. The van der Waals surface area contributed by atoms with Gasteiger partial charge >= 0.3 is 0 Å². The molecule has 0 radical (unpaired) electrons. The fraction of sp³-hybridized carbons (Fsp3) is 0. The first-order valence-corrected chi connectivity index (χ1v) is 3.65. The van der Waals surface area contributed by atoms with Crippen molar-refractivity contribution >= 4 is 22.5 Å². The molecule has 1 nitrogen and oxygen atoms in total. The standard InChI is InChI=1S/C8H3ClFN/c9-5-1-4-7(2-6(5)10)11-3-8(4)11/h1-3H. The van der Waals surface area contributed by atoms with Gasteiger partial charge in [-0.25, -0.2) is 4.39 Å². The third-order valence-corrected chi connectivity index (χ3v) is 2.31. The lowest BCUT2D eigenvalue weighted by Crippen LogP contribution is -1.89. The fourth-order valence-electron chi connectivity index (χ4n) is 1.38. The zero-order chi connectivity index (χ0) is 7.59. The SMILES string of the molecule is Fc1cc2c(cc1Cl)c1cn2-1. The van der Waals surface area contributed by atoms with Crippen LogP contribution in [0.3, 0.4) is 0 Å². The zero-order valence-corrected chi connectivity index (χ0v) is 6.19. The fourth-order valence-corrected chi connectivity index (χ4v) is 1.54. The monoisotopic (exact) mass is 167 g/mol. The van der Waals surface area contributed by atoms with E-state index in [1.165, 1.54) is 11.8 Å². The van der Waals surface area contributed by atoms with E-state index in [9.17, 15) is 4.39 Å². The Morgan fingerprint density at radius 2 is 2.18 bits per heavy atom. The van der Waals surface area contributed by atoms with Gasteiger partial charge in [0.25, 0.3) is 0 Å². The predicted molar refractivity (Wildman–Crippen MR) is 41.8 cm³/mol. The summed E-state index contributed by atoms with van der Waals surface area (Å²) in [5.41, 5.74) is 2.10. The number of hydrogen-bond donors (Lipinski definition) is 0. The average Bonchev–Trinajstić information content (AvgIpc) is 2.69. The van der Waals surface area contributed by atoms with Gasteiger partial charge in [-0.15, -0.1) is 0 Å². The molecule has 2 heterocycles. The quantitative estimate of drug-likeness (QED) is 0.485. The van der Waals surface area contributed by atoms with Gasteiger partial charge in [0.2, 0.25) is 0 Å². The van der Waals surface area contributed by atoms with Gasteiger partial charge in [-0.05, 0) is 6.07 Å². The van der Waals surface area contributed by atoms with Gasteiger partial charge in [0, 0.05) is 17.6 Å². The van der Waals surface area contributed by atoms with Crippen LogP contribution in [0.5, 0.6) is 0 Å². The maximum atomic E-state index is 12.8. The largest absolute Gasteiger partial charge is 0.312 e. The van der Waals surface area contributed by atoms with Gasteiger partial charge in [0.15, 0.2) is 0 Å². The van der Waals surface area contributed by atoms with E-state index in [2.05, 4.69) is 0 Å². The summed E-state index contributed by atoms with van der Waals surface area (Å²) >= 11 is 5.58. The molecule has 0 bridgehead atoms. The molecular weight excluding hydrogens is 165 g/mol. The lowest BCUT2D eigenvalue weighted by atomic mass is 10.2. The summed E-state index contributed by atoms with van der Waals surface area (Å²) in [5.74, 6) is -0.343. The first kappa shape index (κ1) is 5.61. The van der Waals surface area contributed by atoms with E-state index in [0.717, 1.165) is 10.9 Å². The Hall–Kier alpha value is -1.02. The third kappa shape index (κ3) is 0.521. The molecule has 1 aromatic carbocycles. The average molecular weight is 168 g/mol. The first-order valence-electron chi connectivity index (χ1n) is 3.28. The molecule has 0 saturated heterocycles. The van der Waals surface area contributed by atoms with Gasteiger partial charge in [-0.2, -0.15) is 0 Å². The molecule has 0 atom stereocenters. The highest BCUT2D eigenvalue weighted by atomic mass is 35.5. The third-order valence-electron chi connectivity index (χ3n) is 2.02. The molecule has 1 aromatic rings. The highest BCUT2D eigenvalue weighted by Gasteiger charge is 2.23. The maximum absolute atomic E-state index is 12.8. The summed E-state index contributed by atoms with van der Waals surface area (Å²) in [4.78, 5) is 0. The summed E-state index contributed by atoms with van der Waals surface area (Å²) in [6, 6.07) is 3.13. The van der Waals surface area contributed by atoms with E-state index in [0.29, 0.717) is 0 Å². The van der Waals surface area contributed by atoms with Crippen molar-refractivity contribution in [2.45, 2.75) is 0 Å². The van der Waals surface area contributed by atoms with Crippen molar-refractivity contribution in [2.24, 2.45) is 0 Å². The Bertz CT molecular complexity index is 430. The molecule has 0 unspecified atom stereocenters. The summed E-state index contributed by atoms with van der Waals surface area (Å²) < 4.78 is 14.7. The minimum absolute atomic E-state index is 0.205. The van der Waals surface area contributed by atoms with Crippen LogP contribution in [0.25, 0.3) is 16.6 Å². The lowest BCUT2D eigenvalue weighted by Gasteiger charge is -2.05. The van der Waals surface area contributed by atoms with Crippen molar-refractivity contribution in [2.75, 3.05) is 0 Å². The topological polar surface area (TPSA) is 4.93 Å². The van der Waals surface area contributed by atoms with Crippen molar-refractivity contribution in [3.8, 4) is 5.69 Å². The zero-order valence-electron chi connectivity index (χ0n) is 5.44. The summed E-state index contributed by atoms with van der Waals surface area (Å²) in [5, 5.41) is 1.27. The van der Waals surface area contributed by atoms with Crippen LogP contribution in [-0.4, -0.2) is 4.57 Å². The predicted octanol–water partition coefficient (Wildman–Crippen LogP) is 2.74. The molecule has 0 fully saturated rings. The number of aromatic nitrogens is 1. The molecule has 2 aliphatic rings. The first-order chi connectivity index (χ1) is 5.27. The molecule has 0 saturated carbocycles. The van der Waals surface area contributed by atoms with Crippen LogP contribution in [0.1, 0.15) is 0 Å². The van der Waals surface area contributed by atoms with Crippen LogP contribution >= 0.6 is 11.6 Å². The molecule has 0 aliphatic carbocycles. The summed E-state index contributed by atoms with van der Waals surface area (Å²) in [6.45, 7) is 0. The van der Waals surface area contributed by atoms with Crippen LogP contribution in [0, 0.1) is 5.82 Å². The molecule has 0 N–H and O–H groups in total. The minimum atomic E-state index is -0.343. The van der Waals surface area contributed by atoms with E-state index < -0.39 is 0 Å². The van der Waals surface area contributed by atoms with Crippen molar-refractivity contribution < 1.29 is 4.39 Å². The van der Waals surface area contributed by atoms with Gasteiger partial charge in [0.05, 0.1) is 16.2 Å². The van der Waals surface area contributed by atoms with Crippen LogP contribution in [-0.2, 0) is 0 Å². The second-order valence-electron chi connectivity index (χ2n) is 2.67. The molecular formula is C8H3ClFN. The number of hydrogen-bond acceptors (Lipinski definition) is 0. The Morgan fingerprint density at radius 1 is 1.36 bits per heavy atom. The van der Waals surface area contributed by atoms with E-state index in [1.807, 2.05) is 10.8 Å². The van der Waals surface area contributed by atoms with Crippen molar-refractivity contribution in [1.29, 1.82) is 0 Å².